The van der Waals surface area contributed by atoms with Gasteiger partial charge in [0, 0.05) is 32.7 Å². The first kappa shape index (κ1) is 31.6. The highest BCUT2D eigenvalue weighted by Gasteiger charge is 2.26. The Morgan fingerprint density at radius 2 is 1.34 bits per heavy atom. The van der Waals surface area contributed by atoms with Gasteiger partial charge in [-0.05, 0) is 36.2 Å². The molecule has 4 rings (SSSR count). The van der Waals surface area contributed by atoms with Crippen LogP contribution in [0.5, 0.6) is 0 Å². The monoisotopic (exact) mass is 578 g/mol. The lowest BCUT2D eigenvalue weighted by Gasteiger charge is -2.39. The van der Waals surface area contributed by atoms with E-state index in [2.05, 4.69) is 80.5 Å². The van der Waals surface area contributed by atoms with E-state index in [0.29, 0.717) is 17.8 Å². The van der Waals surface area contributed by atoms with Gasteiger partial charge in [0.05, 0.1) is 23.5 Å². The van der Waals surface area contributed by atoms with Gasteiger partial charge in [0.25, 0.3) is 5.91 Å². The number of benzene rings is 3. The quantitative estimate of drug-likeness (QED) is 0.348. The van der Waals surface area contributed by atoms with Crippen LogP contribution in [-0.4, -0.2) is 69.6 Å². The number of amides is 1. The largest absolute Gasteiger partial charge is 0.352 e. The minimum Gasteiger partial charge on any atom is -0.352 e. The highest BCUT2D eigenvalue weighted by Crippen LogP contribution is 2.29. The highest BCUT2D eigenvalue weighted by molar-refractivity contribution is 7.92. The molecule has 1 aliphatic heterocycles. The second-order valence-corrected chi connectivity index (χ2v) is 10.9. The number of nitrogens with one attached hydrogen (secondary N) is 2. The molecule has 0 radical (unpaired) electrons. The summed E-state index contributed by atoms with van der Waals surface area (Å²) in [7, 11) is -3.46. The lowest BCUT2D eigenvalue weighted by Crippen LogP contribution is -2.48. The molecular formula is C28H36Cl2N4O3S. The maximum atomic E-state index is 12.6. The minimum absolute atomic E-state index is 0. The zero-order chi connectivity index (χ0) is 25.4. The standard InChI is InChI=1S/C28H34N4O3S.2ClH/c1-36(34,35)30-26-16-9-8-15-25(26)28(33)29-17-10-18-31-19-21-32(22-20-31)27(23-11-4-2-5-12-23)24-13-6-3-7-14-24;;/h2-9,11-16,27,30H,10,17-22H2,1H3,(H,29,33);2*1H. The van der Waals surface area contributed by atoms with Crippen molar-refractivity contribution in [3.63, 3.8) is 0 Å². The van der Waals surface area contributed by atoms with Gasteiger partial charge in [-0.2, -0.15) is 0 Å². The number of piperazine rings is 1. The molecule has 0 aliphatic carbocycles. The third-order valence-corrected chi connectivity index (χ3v) is 7.00. The van der Waals surface area contributed by atoms with Crippen molar-refractivity contribution in [1.82, 2.24) is 15.1 Å². The molecular weight excluding hydrogens is 543 g/mol. The predicted molar refractivity (Wildman–Crippen MR) is 159 cm³/mol. The highest BCUT2D eigenvalue weighted by atomic mass is 35.5. The van der Waals surface area contributed by atoms with E-state index in [0.717, 1.165) is 45.4 Å². The topological polar surface area (TPSA) is 81.7 Å². The summed E-state index contributed by atoms with van der Waals surface area (Å²) < 4.78 is 25.6. The van der Waals surface area contributed by atoms with E-state index >= 15 is 0 Å². The van der Waals surface area contributed by atoms with E-state index in [4.69, 9.17) is 0 Å². The van der Waals surface area contributed by atoms with E-state index in [9.17, 15) is 13.2 Å². The van der Waals surface area contributed by atoms with Gasteiger partial charge in [0.1, 0.15) is 0 Å². The van der Waals surface area contributed by atoms with Crippen LogP contribution >= 0.6 is 24.8 Å². The van der Waals surface area contributed by atoms with Gasteiger partial charge < -0.3 is 10.2 Å². The van der Waals surface area contributed by atoms with Gasteiger partial charge in [-0.1, -0.05) is 72.8 Å². The minimum atomic E-state index is -3.46. The Hall–Kier alpha value is -2.62. The summed E-state index contributed by atoms with van der Waals surface area (Å²) in [4.78, 5) is 17.6. The second kappa shape index (κ2) is 15.1. The Morgan fingerprint density at radius 3 is 1.89 bits per heavy atom. The van der Waals surface area contributed by atoms with Gasteiger partial charge in [-0.15, -0.1) is 24.8 Å². The number of sulfonamides is 1. The van der Waals surface area contributed by atoms with Crippen molar-refractivity contribution < 1.29 is 13.2 Å². The predicted octanol–water partition coefficient (Wildman–Crippen LogP) is 4.43. The fourth-order valence-electron chi connectivity index (χ4n) is 4.70. The second-order valence-electron chi connectivity index (χ2n) is 9.13. The molecule has 3 aromatic carbocycles. The normalized spacial score (nSPS) is 14.3. The SMILES string of the molecule is CS(=O)(=O)Nc1ccccc1C(=O)NCCCN1CCN(C(c2ccccc2)c2ccccc2)CC1.Cl.Cl. The average molecular weight is 580 g/mol. The fourth-order valence-corrected chi connectivity index (χ4v) is 5.28. The number of para-hydroxylation sites is 1. The third kappa shape index (κ3) is 8.99. The van der Waals surface area contributed by atoms with Crippen LogP contribution in [0.2, 0.25) is 0 Å². The van der Waals surface area contributed by atoms with Gasteiger partial charge in [-0.3, -0.25) is 14.4 Å². The van der Waals surface area contributed by atoms with Crippen LogP contribution in [0.3, 0.4) is 0 Å². The number of carbonyl (C=O) groups is 1. The number of halogens is 2. The lowest BCUT2D eigenvalue weighted by molar-refractivity contribution is 0.0942. The molecule has 206 valence electrons. The van der Waals surface area contributed by atoms with Crippen molar-refractivity contribution in [2.45, 2.75) is 12.5 Å². The Bertz CT molecular complexity index is 1200. The van der Waals surface area contributed by atoms with Crippen LogP contribution in [0.4, 0.5) is 5.69 Å². The zero-order valence-electron chi connectivity index (χ0n) is 21.5. The maximum Gasteiger partial charge on any atom is 0.253 e. The van der Waals surface area contributed by atoms with Crippen molar-refractivity contribution in [2.24, 2.45) is 0 Å². The molecule has 2 N–H and O–H groups in total. The van der Waals surface area contributed by atoms with Crippen molar-refractivity contribution in [3.05, 3.63) is 102 Å². The van der Waals surface area contributed by atoms with Crippen LogP contribution in [0.1, 0.15) is 33.9 Å². The van der Waals surface area contributed by atoms with Crippen LogP contribution in [-0.2, 0) is 10.0 Å². The van der Waals surface area contributed by atoms with Crippen LogP contribution in [0.25, 0.3) is 0 Å². The summed E-state index contributed by atoms with van der Waals surface area (Å²) in [5, 5.41) is 2.92. The summed E-state index contributed by atoms with van der Waals surface area (Å²) in [6, 6.07) is 28.2. The van der Waals surface area contributed by atoms with Crippen molar-refractivity contribution >= 4 is 46.4 Å². The van der Waals surface area contributed by atoms with Gasteiger partial charge >= 0.3 is 0 Å². The Labute approximate surface area is 238 Å². The first-order chi connectivity index (χ1) is 17.4. The summed E-state index contributed by atoms with van der Waals surface area (Å²) >= 11 is 0. The van der Waals surface area contributed by atoms with E-state index in [-0.39, 0.29) is 36.8 Å². The molecule has 0 atom stereocenters. The molecule has 0 aromatic heterocycles. The summed E-state index contributed by atoms with van der Waals surface area (Å²) in [5.74, 6) is -0.278. The smallest absolute Gasteiger partial charge is 0.253 e. The van der Waals surface area contributed by atoms with Crippen molar-refractivity contribution in [1.29, 1.82) is 0 Å². The molecule has 0 saturated carbocycles. The van der Waals surface area contributed by atoms with Crippen LogP contribution in [0.15, 0.2) is 84.9 Å². The third-order valence-electron chi connectivity index (χ3n) is 6.41. The number of carbonyl (C=O) groups excluding carboxylic acids is 1. The Balaban J connectivity index is 0.00000253. The number of anilines is 1. The first-order valence-electron chi connectivity index (χ1n) is 12.3. The number of hydrogen-bond acceptors (Lipinski definition) is 5. The molecule has 3 aromatic rings. The Morgan fingerprint density at radius 1 is 0.816 bits per heavy atom. The average Bonchev–Trinajstić information content (AvgIpc) is 2.88. The fraction of sp³-hybridized carbons (Fsp3) is 0.321. The summed E-state index contributed by atoms with van der Waals surface area (Å²) in [6.07, 6.45) is 1.90. The van der Waals surface area contributed by atoms with Crippen molar-refractivity contribution in [3.8, 4) is 0 Å². The summed E-state index contributed by atoms with van der Waals surface area (Å²) in [5.41, 5.74) is 3.24. The molecule has 10 heteroatoms. The van der Waals surface area contributed by atoms with E-state index in [1.807, 2.05) is 0 Å². The molecule has 0 bridgehead atoms. The molecule has 0 spiro atoms. The van der Waals surface area contributed by atoms with Gasteiger partial charge in [0.2, 0.25) is 10.0 Å². The number of hydrogen-bond donors (Lipinski definition) is 2. The van der Waals surface area contributed by atoms with Crippen LogP contribution < -0.4 is 10.0 Å². The zero-order valence-corrected chi connectivity index (χ0v) is 23.9. The molecule has 38 heavy (non-hydrogen) atoms. The summed E-state index contributed by atoms with van der Waals surface area (Å²) in [6.45, 7) is 5.34. The molecule has 7 nitrogen and oxygen atoms in total. The van der Waals surface area contributed by atoms with Gasteiger partial charge in [-0.25, -0.2) is 8.42 Å². The van der Waals surface area contributed by atoms with E-state index in [1.165, 1.54) is 11.1 Å². The van der Waals surface area contributed by atoms with Gasteiger partial charge in [0.15, 0.2) is 0 Å². The van der Waals surface area contributed by atoms with Crippen LogP contribution in [0, 0.1) is 0 Å². The molecule has 1 saturated heterocycles. The maximum absolute atomic E-state index is 12.6. The molecule has 1 heterocycles. The number of nitrogens with zero attached hydrogens (tertiary/aromatic N) is 2. The molecule has 1 aliphatic rings. The first-order valence-corrected chi connectivity index (χ1v) is 14.2. The molecule has 0 unspecified atom stereocenters. The van der Waals surface area contributed by atoms with Crippen molar-refractivity contribution in [2.75, 3.05) is 50.2 Å². The van der Waals surface area contributed by atoms with E-state index in [1.54, 1.807) is 24.3 Å². The molecule has 1 amide bonds. The Kier molecular flexibility index (Phi) is 12.5. The van der Waals surface area contributed by atoms with E-state index < -0.39 is 10.0 Å². The molecule has 1 fully saturated rings. The number of rotatable bonds is 10. The lowest BCUT2D eigenvalue weighted by atomic mass is 9.96.